The molecule has 0 radical (unpaired) electrons. The number of hydrogen-bond donors (Lipinski definition) is 2. The Morgan fingerprint density at radius 2 is 2.00 bits per heavy atom. The molecule has 0 aliphatic rings. The van der Waals surface area contributed by atoms with E-state index >= 15 is 0 Å². The molecule has 0 bridgehead atoms. The van der Waals surface area contributed by atoms with Crippen molar-refractivity contribution in [2.24, 2.45) is 5.92 Å². The fraction of sp³-hybridized carbons (Fsp3) is 0.467. The van der Waals surface area contributed by atoms with Crippen molar-refractivity contribution in [2.45, 2.75) is 20.8 Å². The summed E-state index contributed by atoms with van der Waals surface area (Å²) >= 11 is 0. The quantitative estimate of drug-likeness (QED) is 0.810. The number of aliphatic carboxylic acids is 1. The van der Waals surface area contributed by atoms with E-state index in [0.717, 1.165) is 0 Å². The van der Waals surface area contributed by atoms with Gasteiger partial charge in [-0.1, -0.05) is 19.1 Å². The molecule has 0 aliphatic heterocycles. The molecular weight excluding hydrogens is 272 g/mol. The predicted molar refractivity (Wildman–Crippen MR) is 80.7 cm³/mol. The number of nitrogens with one attached hydrogen (secondary N) is 1. The second-order valence-electron chi connectivity index (χ2n) is 4.64. The summed E-state index contributed by atoms with van der Waals surface area (Å²) in [5, 5.41) is 11.7. The average Bonchev–Trinajstić information content (AvgIpc) is 2.46. The third kappa shape index (κ3) is 4.98. The van der Waals surface area contributed by atoms with E-state index in [1.165, 1.54) is 4.90 Å². The van der Waals surface area contributed by atoms with Crippen molar-refractivity contribution in [3.05, 3.63) is 24.3 Å². The Balaban J connectivity index is 2.76. The molecule has 0 saturated carbocycles. The van der Waals surface area contributed by atoms with Gasteiger partial charge in [0.15, 0.2) is 0 Å². The van der Waals surface area contributed by atoms with Gasteiger partial charge in [0, 0.05) is 13.1 Å². The van der Waals surface area contributed by atoms with Crippen molar-refractivity contribution in [1.82, 2.24) is 4.90 Å². The Kier molecular flexibility index (Phi) is 6.52. The van der Waals surface area contributed by atoms with Gasteiger partial charge < -0.3 is 20.1 Å². The predicted octanol–water partition coefficient (Wildman–Crippen LogP) is 2.66. The van der Waals surface area contributed by atoms with E-state index in [4.69, 9.17) is 9.84 Å². The van der Waals surface area contributed by atoms with Crippen LogP contribution < -0.4 is 10.1 Å². The highest BCUT2D eigenvalue weighted by molar-refractivity contribution is 5.91. The van der Waals surface area contributed by atoms with E-state index in [-0.39, 0.29) is 12.6 Å². The molecule has 2 amide bonds. The highest BCUT2D eigenvalue weighted by atomic mass is 16.5. The molecule has 1 rings (SSSR count). The standard InChI is InChI=1S/C15H22N2O4/c1-4-17(10-11(3)14(18)19)15(20)16-12-8-6-7-9-13(12)21-5-2/h6-9,11H,4-5,10H2,1-3H3,(H,16,20)(H,18,19). The molecule has 21 heavy (non-hydrogen) atoms. The number of nitrogens with zero attached hydrogens (tertiary/aromatic N) is 1. The highest BCUT2D eigenvalue weighted by Crippen LogP contribution is 2.24. The first-order valence-electron chi connectivity index (χ1n) is 7.00. The lowest BCUT2D eigenvalue weighted by Gasteiger charge is -2.23. The lowest BCUT2D eigenvalue weighted by Crippen LogP contribution is -2.39. The summed E-state index contributed by atoms with van der Waals surface area (Å²) in [5.41, 5.74) is 0.575. The Hall–Kier alpha value is -2.24. The van der Waals surface area contributed by atoms with Gasteiger partial charge in [-0.3, -0.25) is 4.79 Å². The van der Waals surface area contributed by atoms with Gasteiger partial charge in [0.05, 0.1) is 18.2 Å². The molecule has 0 heterocycles. The summed E-state index contributed by atoms with van der Waals surface area (Å²) in [4.78, 5) is 24.6. The second kappa shape index (κ2) is 8.14. The van der Waals surface area contributed by atoms with Crippen LogP contribution in [0.2, 0.25) is 0 Å². The number of urea groups is 1. The van der Waals surface area contributed by atoms with Crippen LogP contribution in [-0.4, -0.2) is 41.7 Å². The smallest absolute Gasteiger partial charge is 0.321 e. The molecule has 0 aliphatic carbocycles. The average molecular weight is 294 g/mol. The lowest BCUT2D eigenvalue weighted by atomic mass is 10.2. The van der Waals surface area contributed by atoms with Crippen LogP contribution in [0, 0.1) is 5.92 Å². The molecule has 0 aromatic heterocycles. The molecule has 116 valence electrons. The van der Waals surface area contributed by atoms with Gasteiger partial charge >= 0.3 is 12.0 Å². The second-order valence-corrected chi connectivity index (χ2v) is 4.64. The molecule has 1 atom stereocenters. The summed E-state index contributed by atoms with van der Waals surface area (Å²) in [7, 11) is 0. The van der Waals surface area contributed by atoms with Crippen molar-refractivity contribution in [2.75, 3.05) is 25.0 Å². The number of carboxylic acid groups (broad SMARTS) is 1. The number of amides is 2. The zero-order chi connectivity index (χ0) is 15.8. The summed E-state index contributed by atoms with van der Waals surface area (Å²) in [6.45, 7) is 6.34. The van der Waals surface area contributed by atoms with Gasteiger partial charge in [-0.05, 0) is 26.0 Å². The fourth-order valence-corrected chi connectivity index (χ4v) is 1.81. The fourth-order valence-electron chi connectivity index (χ4n) is 1.81. The maximum atomic E-state index is 12.2. The van der Waals surface area contributed by atoms with Gasteiger partial charge in [0.25, 0.3) is 0 Å². The van der Waals surface area contributed by atoms with Gasteiger partial charge in [-0.15, -0.1) is 0 Å². The van der Waals surface area contributed by atoms with Gasteiger partial charge in [-0.2, -0.15) is 0 Å². The topological polar surface area (TPSA) is 78.9 Å². The monoisotopic (exact) mass is 294 g/mol. The molecule has 1 aromatic rings. The molecular formula is C15H22N2O4. The zero-order valence-corrected chi connectivity index (χ0v) is 12.6. The Labute approximate surface area is 124 Å². The van der Waals surface area contributed by atoms with E-state index in [1.54, 1.807) is 25.1 Å². The summed E-state index contributed by atoms with van der Waals surface area (Å²) in [6.07, 6.45) is 0. The van der Waals surface area contributed by atoms with Crippen LogP contribution in [0.5, 0.6) is 5.75 Å². The summed E-state index contributed by atoms with van der Waals surface area (Å²) in [6, 6.07) is 6.81. The van der Waals surface area contributed by atoms with E-state index < -0.39 is 11.9 Å². The van der Waals surface area contributed by atoms with E-state index in [9.17, 15) is 9.59 Å². The van der Waals surface area contributed by atoms with Gasteiger partial charge in [0.1, 0.15) is 5.75 Å². The molecule has 0 spiro atoms. The maximum absolute atomic E-state index is 12.2. The van der Waals surface area contributed by atoms with Crippen molar-refractivity contribution < 1.29 is 19.4 Å². The number of benzene rings is 1. The number of para-hydroxylation sites is 2. The Bertz CT molecular complexity index is 490. The number of carbonyl (C=O) groups excluding carboxylic acids is 1. The van der Waals surface area contributed by atoms with Crippen molar-refractivity contribution in [3.63, 3.8) is 0 Å². The van der Waals surface area contributed by atoms with Crippen LogP contribution in [0.15, 0.2) is 24.3 Å². The number of anilines is 1. The largest absolute Gasteiger partial charge is 0.492 e. The maximum Gasteiger partial charge on any atom is 0.321 e. The van der Waals surface area contributed by atoms with Crippen LogP contribution in [0.1, 0.15) is 20.8 Å². The molecule has 6 heteroatoms. The molecule has 1 aromatic carbocycles. The minimum atomic E-state index is -0.920. The van der Waals surface area contributed by atoms with E-state index in [0.29, 0.717) is 24.6 Å². The van der Waals surface area contributed by atoms with Crippen LogP contribution in [0.25, 0.3) is 0 Å². The minimum absolute atomic E-state index is 0.161. The summed E-state index contributed by atoms with van der Waals surface area (Å²) < 4.78 is 5.44. The number of ether oxygens (including phenoxy) is 1. The number of carboxylic acids is 1. The highest BCUT2D eigenvalue weighted by Gasteiger charge is 2.20. The van der Waals surface area contributed by atoms with E-state index in [1.807, 2.05) is 19.9 Å². The van der Waals surface area contributed by atoms with Crippen molar-refractivity contribution in [3.8, 4) is 5.75 Å². The van der Waals surface area contributed by atoms with Crippen LogP contribution in [0.3, 0.4) is 0 Å². The van der Waals surface area contributed by atoms with Gasteiger partial charge in [0.2, 0.25) is 0 Å². The van der Waals surface area contributed by atoms with Crippen LogP contribution in [0.4, 0.5) is 10.5 Å². The number of rotatable bonds is 7. The molecule has 6 nitrogen and oxygen atoms in total. The van der Waals surface area contributed by atoms with Crippen molar-refractivity contribution >= 4 is 17.7 Å². The lowest BCUT2D eigenvalue weighted by molar-refractivity contribution is -0.141. The Morgan fingerprint density at radius 1 is 1.33 bits per heavy atom. The first kappa shape index (κ1) is 16.8. The molecule has 0 saturated heterocycles. The van der Waals surface area contributed by atoms with Crippen LogP contribution >= 0.6 is 0 Å². The number of carbonyl (C=O) groups is 2. The zero-order valence-electron chi connectivity index (χ0n) is 12.6. The first-order chi connectivity index (χ1) is 9.99. The number of hydrogen-bond acceptors (Lipinski definition) is 3. The van der Waals surface area contributed by atoms with Crippen molar-refractivity contribution in [1.29, 1.82) is 0 Å². The normalized spacial score (nSPS) is 11.6. The molecule has 0 fully saturated rings. The minimum Gasteiger partial charge on any atom is -0.492 e. The van der Waals surface area contributed by atoms with E-state index in [2.05, 4.69) is 5.32 Å². The first-order valence-corrected chi connectivity index (χ1v) is 7.00. The third-order valence-electron chi connectivity index (χ3n) is 3.01. The van der Waals surface area contributed by atoms with Crippen LogP contribution in [-0.2, 0) is 4.79 Å². The molecule has 2 N–H and O–H groups in total. The van der Waals surface area contributed by atoms with Gasteiger partial charge in [-0.25, -0.2) is 4.79 Å². The Morgan fingerprint density at radius 3 is 2.57 bits per heavy atom. The SMILES string of the molecule is CCOc1ccccc1NC(=O)N(CC)CC(C)C(=O)O. The third-order valence-corrected chi connectivity index (χ3v) is 3.01. The summed E-state index contributed by atoms with van der Waals surface area (Å²) in [5.74, 6) is -0.940. The molecule has 1 unspecified atom stereocenters.